The average molecular weight is 258 g/mol. The third-order valence-corrected chi connectivity index (χ3v) is 3.43. The van der Waals surface area contributed by atoms with Crippen molar-refractivity contribution in [1.29, 1.82) is 0 Å². The predicted molar refractivity (Wildman–Crippen MR) is 72.4 cm³/mol. The van der Waals surface area contributed by atoms with Crippen LogP contribution in [0.5, 0.6) is 0 Å². The van der Waals surface area contributed by atoms with E-state index in [2.05, 4.69) is 4.85 Å². The minimum absolute atomic E-state index is 0.245. The van der Waals surface area contributed by atoms with Crippen molar-refractivity contribution in [2.75, 3.05) is 19.6 Å². The van der Waals surface area contributed by atoms with Crippen molar-refractivity contribution in [3.63, 3.8) is 0 Å². The van der Waals surface area contributed by atoms with Crippen molar-refractivity contribution < 1.29 is 9.53 Å². The number of nitrogens with zero attached hydrogens (tertiary/aromatic N) is 2. The highest BCUT2D eigenvalue weighted by Crippen LogP contribution is 2.18. The molecule has 0 saturated carbocycles. The van der Waals surface area contributed by atoms with Gasteiger partial charge in [0.2, 0.25) is 6.54 Å². The number of rotatable bonds is 3. The first-order chi connectivity index (χ1) is 9.29. The van der Waals surface area contributed by atoms with Gasteiger partial charge in [0.1, 0.15) is 6.61 Å². The molecule has 1 aromatic carbocycles. The fourth-order valence-electron chi connectivity index (χ4n) is 2.24. The second-order valence-corrected chi connectivity index (χ2v) is 4.81. The zero-order chi connectivity index (χ0) is 13.5. The van der Waals surface area contributed by atoms with Gasteiger partial charge in [-0.25, -0.2) is 11.4 Å². The minimum atomic E-state index is -0.245. The molecule has 0 bridgehead atoms. The molecule has 1 fully saturated rings. The van der Waals surface area contributed by atoms with Crippen LogP contribution in [-0.4, -0.2) is 30.6 Å². The van der Waals surface area contributed by atoms with Gasteiger partial charge in [0.25, 0.3) is 0 Å². The molecule has 1 aromatic rings. The van der Waals surface area contributed by atoms with E-state index in [9.17, 15) is 4.79 Å². The van der Waals surface area contributed by atoms with E-state index in [1.165, 1.54) is 0 Å². The van der Waals surface area contributed by atoms with E-state index in [0.29, 0.717) is 32.2 Å². The van der Waals surface area contributed by atoms with Crippen LogP contribution in [0.15, 0.2) is 30.3 Å². The van der Waals surface area contributed by atoms with Crippen LogP contribution in [0.25, 0.3) is 4.85 Å². The number of hydrogen-bond acceptors (Lipinski definition) is 2. The highest BCUT2D eigenvalue weighted by atomic mass is 16.6. The molecule has 0 atom stereocenters. The summed E-state index contributed by atoms with van der Waals surface area (Å²) in [4.78, 5) is 17.0. The van der Waals surface area contributed by atoms with Gasteiger partial charge in [-0.2, -0.15) is 0 Å². The Balaban J connectivity index is 1.74. The van der Waals surface area contributed by atoms with Crippen molar-refractivity contribution in [3.8, 4) is 0 Å². The largest absolute Gasteiger partial charge is 0.445 e. The standard InChI is InChI=1S/C15H18N2O2/c1-16-11-13-7-9-17(10-8-13)15(18)19-12-14-5-3-2-4-6-14/h2-6,13H,7-12H2. The van der Waals surface area contributed by atoms with E-state index < -0.39 is 0 Å². The third-order valence-electron chi connectivity index (χ3n) is 3.43. The molecule has 2 rings (SSSR count). The molecule has 4 heteroatoms. The fourth-order valence-corrected chi connectivity index (χ4v) is 2.24. The van der Waals surface area contributed by atoms with Crippen LogP contribution in [0.2, 0.25) is 0 Å². The Bertz CT molecular complexity index is 445. The smallest absolute Gasteiger partial charge is 0.410 e. The zero-order valence-corrected chi connectivity index (χ0v) is 10.9. The fraction of sp³-hybridized carbons (Fsp3) is 0.467. The van der Waals surface area contributed by atoms with Crippen LogP contribution >= 0.6 is 0 Å². The molecule has 0 N–H and O–H groups in total. The normalized spacial score (nSPS) is 15.8. The maximum absolute atomic E-state index is 11.9. The summed E-state index contributed by atoms with van der Waals surface area (Å²) in [5.41, 5.74) is 0.999. The van der Waals surface area contributed by atoms with Crippen LogP contribution in [0.1, 0.15) is 18.4 Å². The quantitative estimate of drug-likeness (QED) is 0.781. The summed E-state index contributed by atoms with van der Waals surface area (Å²) in [5.74, 6) is 0.440. The second-order valence-electron chi connectivity index (χ2n) is 4.81. The maximum atomic E-state index is 11.9. The Labute approximate surface area is 113 Å². The Hall–Kier alpha value is -2.02. The van der Waals surface area contributed by atoms with Gasteiger partial charge in [-0.3, -0.25) is 0 Å². The number of piperidine rings is 1. The van der Waals surface area contributed by atoms with Crippen molar-refractivity contribution in [3.05, 3.63) is 47.3 Å². The highest BCUT2D eigenvalue weighted by Gasteiger charge is 2.25. The molecule has 0 radical (unpaired) electrons. The number of amides is 1. The maximum Gasteiger partial charge on any atom is 0.410 e. The predicted octanol–water partition coefficient (Wildman–Crippen LogP) is 2.95. The van der Waals surface area contributed by atoms with Crippen molar-refractivity contribution >= 4 is 6.09 Å². The van der Waals surface area contributed by atoms with Crippen LogP contribution in [0, 0.1) is 12.5 Å². The number of ether oxygens (including phenoxy) is 1. The summed E-state index contributed by atoms with van der Waals surface area (Å²) in [6.45, 7) is 9.16. The summed E-state index contributed by atoms with van der Waals surface area (Å²) in [6, 6.07) is 9.68. The molecule has 1 aliphatic heterocycles. The van der Waals surface area contributed by atoms with Crippen LogP contribution < -0.4 is 0 Å². The van der Waals surface area contributed by atoms with E-state index in [1.807, 2.05) is 30.3 Å². The first-order valence-corrected chi connectivity index (χ1v) is 6.58. The molecule has 1 heterocycles. The first-order valence-electron chi connectivity index (χ1n) is 6.58. The Kier molecular flexibility index (Phi) is 4.79. The van der Waals surface area contributed by atoms with Gasteiger partial charge < -0.3 is 14.5 Å². The summed E-state index contributed by atoms with van der Waals surface area (Å²) < 4.78 is 5.29. The summed E-state index contributed by atoms with van der Waals surface area (Å²) in [7, 11) is 0. The molecule has 0 spiro atoms. The average Bonchev–Trinajstić information content (AvgIpc) is 2.47. The molecule has 0 aromatic heterocycles. The van der Waals surface area contributed by atoms with E-state index in [0.717, 1.165) is 18.4 Å². The van der Waals surface area contributed by atoms with Gasteiger partial charge >= 0.3 is 6.09 Å². The second kappa shape index (κ2) is 6.79. The van der Waals surface area contributed by atoms with Crippen molar-refractivity contribution in [1.82, 2.24) is 4.90 Å². The van der Waals surface area contributed by atoms with Gasteiger partial charge in [0.15, 0.2) is 0 Å². The van der Waals surface area contributed by atoms with Gasteiger partial charge in [0.05, 0.1) is 0 Å². The van der Waals surface area contributed by atoms with Gasteiger partial charge in [0, 0.05) is 19.0 Å². The van der Waals surface area contributed by atoms with E-state index >= 15 is 0 Å². The van der Waals surface area contributed by atoms with Crippen LogP contribution in [0.3, 0.4) is 0 Å². The molecule has 19 heavy (non-hydrogen) atoms. The van der Waals surface area contributed by atoms with Gasteiger partial charge in [-0.05, 0) is 18.4 Å². The number of hydrogen-bond donors (Lipinski definition) is 0. The van der Waals surface area contributed by atoms with Crippen LogP contribution in [-0.2, 0) is 11.3 Å². The zero-order valence-electron chi connectivity index (χ0n) is 10.9. The Morgan fingerprint density at radius 2 is 2.00 bits per heavy atom. The number of benzene rings is 1. The van der Waals surface area contributed by atoms with E-state index in [1.54, 1.807) is 4.90 Å². The van der Waals surface area contributed by atoms with Gasteiger partial charge in [-0.1, -0.05) is 30.3 Å². The summed E-state index contributed by atoms with van der Waals surface area (Å²) in [6.07, 6.45) is 1.57. The molecular formula is C15H18N2O2. The highest BCUT2D eigenvalue weighted by molar-refractivity contribution is 5.67. The van der Waals surface area contributed by atoms with E-state index in [-0.39, 0.29) is 6.09 Å². The molecule has 1 saturated heterocycles. The number of carbonyl (C=O) groups is 1. The molecule has 1 aliphatic rings. The molecule has 100 valence electrons. The molecule has 4 nitrogen and oxygen atoms in total. The lowest BCUT2D eigenvalue weighted by molar-refractivity contribution is 0.0835. The lowest BCUT2D eigenvalue weighted by atomic mass is 9.97. The molecular weight excluding hydrogens is 240 g/mol. The SMILES string of the molecule is [C-]#[N+]CC1CCN(C(=O)OCc2ccccc2)CC1. The lowest BCUT2D eigenvalue weighted by Gasteiger charge is -2.29. The third kappa shape index (κ3) is 3.99. The van der Waals surface area contributed by atoms with Crippen molar-refractivity contribution in [2.45, 2.75) is 19.4 Å². The number of carbonyl (C=O) groups excluding carboxylic acids is 1. The monoisotopic (exact) mass is 258 g/mol. The summed E-state index contributed by atoms with van der Waals surface area (Å²) >= 11 is 0. The minimum Gasteiger partial charge on any atom is -0.445 e. The topological polar surface area (TPSA) is 33.9 Å². The lowest BCUT2D eigenvalue weighted by Crippen LogP contribution is -2.39. The van der Waals surface area contributed by atoms with Crippen LogP contribution in [0.4, 0.5) is 4.79 Å². The van der Waals surface area contributed by atoms with Crippen molar-refractivity contribution in [2.24, 2.45) is 5.92 Å². The molecule has 1 amide bonds. The molecule has 0 aliphatic carbocycles. The summed E-state index contributed by atoms with van der Waals surface area (Å²) in [5, 5.41) is 0. The first kappa shape index (κ1) is 13.4. The Morgan fingerprint density at radius 1 is 1.32 bits per heavy atom. The number of likely N-dealkylation sites (tertiary alicyclic amines) is 1. The van der Waals surface area contributed by atoms with E-state index in [4.69, 9.17) is 11.3 Å². The molecule has 0 unspecified atom stereocenters. The Morgan fingerprint density at radius 3 is 2.63 bits per heavy atom. The van der Waals surface area contributed by atoms with Gasteiger partial charge in [-0.15, -0.1) is 0 Å².